The third-order valence-corrected chi connectivity index (χ3v) is 5.93. The Balaban J connectivity index is 4.65. The van der Waals surface area contributed by atoms with Crippen molar-refractivity contribution in [1.29, 1.82) is 0 Å². The van der Waals surface area contributed by atoms with Crippen LogP contribution in [0.2, 0.25) is 0 Å². The second-order valence-corrected chi connectivity index (χ2v) is 10.3. The highest BCUT2D eigenvalue weighted by molar-refractivity contribution is 5.84. The largest absolute Gasteiger partial charge is 0.299 e. The first kappa shape index (κ1) is 24.3. The number of hydrogen-bond acceptors (Lipinski definition) is 2. The summed E-state index contributed by atoms with van der Waals surface area (Å²) in [5, 5.41) is 0. The Hall–Kier alpha value is -0.740. The van der Waals surface area contributed by atoms with Gasteiger partial charge in [-0.25, -0.2) is 0 Å². The maximum absolute atomic E-state index is 12.4. The van der Waals surface area contributed by atoms with Crippen LogP contribution in [0.5, 0.6) is 0 Å². The van der Waals surface area contributed by atoms with Gasteiger partial charge in [-0.05, 0) is 12.8 Å². The fourth-order valence-corrected chi connectivity index (χ4v) is 3.06. The molecule has 0 saturated carbocycles. The highest BCUT2D eigenvalue weighted by Gasteiger charge is 2.33. The summed E-state index contributed by atoms with van der Waals surface area (Å²) in [6.45, 7) is 14.9. The Morgan fingerprint density at radius 2 is 0.960 bits per heavy atom. The number of rotatable bonds is 12. The molecule has 0 radical (unpaired) electrons. The molecule has 0 saturated heterocycles. The van der Waals surface area contributed by atoms with Gasteiger partial charge >= 0.3 is 0 Å². The number of ketones is 2. The minimum absolute atomic E-state index is 0.220. The zero-order valence-electron chi connectivity index (χ0n) is 18.7. The maximum Gasteiger partial charge on any atom is 0.206 e. The summed E-state index contributed by atoms with van der Waals surface area (Å²) in [6, 6.07) is 0. The molecule has 0 spiro atoms. The molecule has 0 heterocycles. The molecule has 4 heteroatoms. The quantitative estimate of drug-likeness (QED) is 0.393. The van der Waals surface area contributed by atoms with Gasteiger partial charge in [-0.15, -0.1) is 0 Å². The lowest BCUT2D eigenvalue weighted by atomic mass is 9.83. The van der Waals surface area contributed by atoms with Crippen LogP contribution in [-0.4, -0.2) is 68.5 Å². The monoisotopic (exact) mass is 356 g/mol. The summed E-state index contributed by atoms with van der Waals surface area (Å²) < 4.78 is 1.59. The molecule has 0 aromatic carbocycles. The lowest BCUT2D eigenvalue weighted by molar-refractivity contribution is -1.07. The van der Waals surface area contributed by atoms with Gasteiger partial charge in [-0.1, -0.05) is 41.5 Å². The fourth-order valence-electron chi connectivity index (χ4n) is 3.06. The number of carbonyl (C=O) groups excluding carboxylic acids is 2. The summed E-state index contributed by atoms with van der Waals surface area (Å²) in [7, 11) is 8.74. The van der Waals surface area contributed by atoms with Gasteiger partial charge in [-0.3, -0.25) is 18.6 Å². The number of quaternary nitrogens is 2. The highest BCUT2D eigenvalue weighted by atomic mass is 16.1. The lowest BCUT2D eigenvalue weighted by Gasteiger charge is -2.39. The van der Waals surface area contributed by atoms with Crippen LogP contribution in [0.3, 0.4) is 0 Å². The van der Waals surface area contributed by atoms with Crippen molar-refractivity contribution < 1.29 is 18.6 Å². The zero-order valence-corrected chi connectivity index (χ0v) is 18.7. The first-order valence-corrected chi connectivity index (χ1v) is 9.79. The molecule has 148 valence electrons. The molecule has 0 atom stereocenters. The van der Waals surface area contributed by atoms with Gasteiger partial charge in [0.25, 0.3) is 0 Å². The van der Waals surface area contributed by atoms with Crippen LogP contribution in [0.15, 0.2) is 0 Å². The van der Waals surface area contributed by atoms with E-state index < -0.39 is 0 Å². The summed E-state index contributed by atoms with van der Waals surface area (Å²) in [5.74, 6) is 0.706. The molecule has 0 amide bonds. The van der Waals surface area contributed by atoms with Crippen molar-refractivity contribution in [3.8, 4) is 0 Å². The molecule has 0 fully saturated rings. The summed E-state index contributed by atoms with van der Waals surface area (Å²) in [4.78, 5) is 24.8. The molecule has 0 aliphatic carbocycles. The van der Waals surface area contributed by atoms with Crippen LogP contribution >= 0.6 is 0 Å². The van der Waals surface area contributed by atoms with Gasteiger partial charge in [0.05, 0.1) is 54.1 Å². The summed E-state index contributed by atoms with van der Waals surface area (Å²) >= 11 is 0. The van der Waals surface area contributed by atoms with Gasteiger partial charge in [0.1, 0.15) is 11.6 Å². The van der Waals surface area contributed by atoms with E-state index in [0.717, 1.165) is 41.6 Å². The maximum atomic E-state index is 12.4. The van der Waals surface area contributed by atoms with Crippen molar-refractivity contribution in [2.75, 3.05) is 47.9 Å². The van der Waals surface area contributed by atoms with Crippen LogP contribution in [0.25, 0.3) is 0 Å². The van der Waals surface area contributed by atoms with Gasteiger partial charge in [-0.2, -0.15) is 0 Å². The van der Waals surface area contributed by atoms with E-state index in [2.05, 4.69) is 42.0 Å². The lowest BCUT2D eigenvalue weighted by Crippen LogP contribution is -2.57. The minimum atomic E-state index is -0.220. The first-order valence-electron chi connectivity index (χ1n) is 9.79. The fraction of sp³-hybridized carbons (Fsp3) is 0.905. The molecule has 0 aliphatic heterocycles. The van der Waals surface area contributed by atoms with Crippen molar-refractivity contribution in [2.45, 2.75) is 67.2 Å². The Morgan fingerprint density at radius 1 is 0.680 bits per heavy atom. The van der Waals surface area contributed by atoms with Crippen LogP contribution in [0.1, 0.15) is 67.2 Å². The van der Waals surface area contributed by atoms with E-state index in [1.807, 2.05) is 27.7 Å². The Labute approximate surface area is 156 Å². The normalized spacial score (nSPS) is 13.8. The van der Waals surface area contributed by atoms with Crippen molar-refractivity contribution in [2.24, 2.45) is 10.8 Å². The molecule has 0 rings (SSSR count). The second kappa shape index (κ2) is 8.77. The minimum Gasteiger partial charge on any atom is -0.299 e. The predicted octanol–water partition coefficient (Wildman–Crippen LogP) is 3.89. The van der Waals surface area contributed by atoms with Crippen LogP contribution < -0.4 is 0 Å². The Kier molecular flexibility index (Phi) is 8.51. The second-order valence-electron chi connectivity index (χ2n) is 10.3. The Morgan fingerprint density at radius 3 is 1.20 bits per heavy atom. The van der Waals surface area contributed by atoms with Gasteiger partial charge < -0.3 is 0 Å². The van der Waals surface area contributed by atoms with Crippen LogP contribution in [0, 0.1) is 10.8 Å². The van der Waals surface area contributed by atoms with Crippen molar-refractivity contribution in [3.63, 3.8) is 0 Å². The van der Waals surface area contributed by atoms with Crippen LogP contribution in [-0.2, 0) is 9.59 Å². The average molecular weight is 357 g/mol. The first-order chi connectivity index (χ1) is 11.1. The van der Waals surface area contributed by atoms with Crippen molar-refractivity contribution in [3.05, 3.63) is 0 Å². The molecule has 0 bridgehead atoms. The van der Waals surface area contributed by atoms with Gasteiger partial charge in [0.2, 0.25) is 6.67 Å². The molecule has 25 heavy (non-hydrogen) atoms. The van der Waals surface area contributed by atoms with E-state index >= 15 is 0 Å². The van der Waals surface area contributed by atoms with E-state index in [0.29, 0.717) is 24.4 Å². The molecule has 0 aliphatic rings. The van der Waals surface area contributed by atoms with Crippen molar-refractivity contribution in [1.82, 2.24) is 0 Å². The third-order valence-electron chi connectivity index (χ3n) is 5.93. The standard InChI is InChI=1S/C21H44N2O2/c1-11-20(3,4)18(24)13-15-22(7,8)17-23(9,10)16-14-19(25)21(5,6)12-2/h11-17H2,1-10H3/q+2. The van der Waals surface area contributed by atoms with E-state index in [4.69, 9.17) is 0 Å². The molecular weight excluding hydrogens is 312 g/mol. The van der Waals surface area contributed by atoms with Gasteiger partial charge in [0.15, 0.2) is 0 Å². The number of carbonyl (C=O) groups is 2. The molecular formula is C21H44N2O2+2. The number of hydrogen-bond donors (Lipinski definition) is 0. The topological polar surface area (TPSA) is 34.1 Å². The summed E-state index contributed by atoms with van der Waals surface area (Å²) in [5.41, 5.74) is -0.439. The van der Waals surface area contributed by atoms with E-state index in [-0.39, 0.29) is 10.8 Å². The third kappa shape index (κ3) is 8.46. The molecule has 0 aromatic heterocycles. The van der Waals surface area contributed by atoms with Gasteiger partial charge in [0, 0.05) is 10.8 Å². The van der Waals surface area contributed by atoms with Crippen molar-refractivity contribution >= 4 is 11.6 Å². The van der Waals surface area contributed by atoms with E-state index in [9.17, 15) is 9.59 Å². The Bertz CT molecular complexity index is 421. The SMILES string of the molecule is CCC(C)(C)C(=O)CC[N+](C)(C)C[N+](C)(C)CCC(=O)C(C)(C)CC. The molecule has 0 aromatic rings. The average Bonchev–Trinajstić information content (AvgIpc) is 2.49. The number of nitrogens with zero attached hydrogens (tertiary/aromatic N) is 2. The van der Waals surface area contributed by atoms with E-state index in [1.165, 1.54) is 0 Å². The zero-order chi connectivity index (χ0) is 20.1. The van der Waals surface area contributed by atoms with Crippen LogP contribution in [0.4, 0.5) is 0 Å². The smallest absolute Gasteiger partial charge is 0.206 e. The highest BCUT2D eigenvalue weighted by Crippen LogP contribution is 2.24. The summed E-state index contributed by atoms with van der Waals surface area (Å²) in [6.07, 6.45) is 3.01. The predicted molar refractivity (Wildman–Crippen MR) is 106 cm³/mol. The van der Waals surface area contributed by atoms with E-state index in [1.54, 1.807) is 0 Å². The molecule has 4 nitrogen and oxygen atoms in total. The molecule has 0 unspecified atom stereocenters. The number of Topliss-reactive ketones (excluding diaryl/α,β-unsaturated/α-hetero) is 2. The molecule has 0 N–H and O–H groups in total.